The molecule has 1 N–H and O–H groups in total. The summed E-state index contributed by atoms with van der Waals surface area (Å²) in [7, 11) is 1.73. The summed E-state index contributed by atoms with van der Waals surface area (Å²) in [5, 5.41) is 3.45. The van der Waals surface area contributed by atoms with Gasteiger partial charge in [-0.05, 0) is 43.8 Å². The highest BCUT2D eigenvalue weighted by Crippen LogP contribution is 2.26. The Labute approximate surface area is 135 Å². The van der Waals surface area contributed by atoms with Crippen LogP contribution in [0.25, 0.3) is 0 Å². The number of nitrogens with one attached hydrogen (secondary N) is 1. The summed E-state index contributed by atoms with van der Waals surface area (Å²) in [6.07, 6.45) is 1.19. The van der Waals surface area contributed by atoms with Crippen molar-refractivity contribution in [3.8, 4) is 5.75 Å². The number of rotatable bonds is 8. The molecule has 0 spiro atoms. The maximum atomic E-state index is 5.30. The van der Waals surface area contributed by atoms with Crippen LogP contribution in [-0.4, -0.2) is 62.7 Å². The lowest BCUT2D eigenvalue weighted by Crippen LogP contribution is -2.45. The lowest BCUT2D eigenvalue weighted by atomic mass is 10.0. The van der Waals surface area contributed by atoms with Gasteiger partial charge in [-0.25, -0.2) is 0 Å². The highest BCUT2D eigenvalue weighted by molar-refractivity contribution is 5.29. The Balaban J connectivity index is 2.08. The van der Waals surface area contributed by atoms with E-state index in [0.29, 0.717) is 6.04 Å². The molecular formula is C18H31N3O. The first-order chi connectivity index (χ1) is 10.8. The third-order valence-electron chi connectivity index (χ3n) is 4.71. The molecule has 1 aromatic carbocycles. The lowest BCUT2D eigenvalue weighted by molar-refractivity contribution is 0.149. The zero-order valence-corrected chi connectivity index (χ0v) is 14.3. The van der Waals surface area contributed by atoms with Gasteiger partial charge in [0.05, 0.1) is 7.11 Å². The van der Waals surface area contributed by atoms with Gasteiger partial charge < -0.3 is 15.0 Å². The maximum absolute atomic E-state index is 5.30. The minimum atomic E-state index is 0.508. The van der Waals surface area contributed by atoms with E-state index in [1.165, 1.54) is 12.0 Å². The molecular weight excluding hydrogens is 274 g/mol. The van der Waals surface area contributed by atoms with Gasteiger partial charge in [0.25, 0.3) is 0 Å². The van der Waals surface area contributed by atoms with Crippen LogP contribution >= 0.6 is 0 Å². The first-order valence-corrected chi connectivity index (χ1v) is 8.59. The van der Waals surface area contributed by atoms with Crippen LogP contribution in [0, 0.1) is 0 Å². The standard InChI is InChI=1S/C18H31N3O/c1-4-20(5-2)13-10-18(21-14-11-19-12-15-21)16-6-8-17(22-3)9-7-16/h6-9,18-19H,4-5,10-15H2,1-3H3. The average molecular weight is 305 g/mol. The summed E-state index contributed by atoms with van der Waals surface area (Å²) in [5.74, 6) is 0.937. The molecule has 2 rings (SSSR count). The average Bonchev–Trinajstić information content (AvgIpc) is 2.60. The molecule has 1 unspecified atom stereocenters. The third kappa shape index (κ3) is 4.70. The minimum Gasteiger partial charge on any atom is -0.497 e. The normalized spacial score (nSPS) is 17.6. The number of nitrogens with zero attached hydrogens (tertiary/aromatic N) is 2. The molecule has 1 saturated heterocycles. The van der Waals surface area contributed by atoms with Gasteiger partial charge in [0.1, 0.15) is 5.75 Å². The van der Waals surface area contributed by atoms with Gasteiger partial charge in [-0.2, -0.15) is 0 Å². The van der Waals surface area contributed by atoms with Crippen LogP contribution in [-0.2, 0) is 0 Å². The molecule has 0 aliphatic carbocycles. The molecule has 1 atom stereocenters. The number of hydrogen-bond acceptors (Lipinski definition) is 4. The molecule has 124 valence electrons. The Kier molecular flexibility index (Phi) is 7.16. The van der Waals surface area contributed by atoms with Crippen molar-refractivity contribution >= 4 is 0 Å². The largest absolute Gasteiger partial charge is 0.497 e. The summed E-state index contributed by atoms with van der Waals surface area (Å²) < 4.78 is 5.30. The fourth-order valence-electron chi connectivity index (χ4n) is 3.22. The van der Waals surface area contributed by atoms with E-state index in [9.17, 15) is 0 Å². The summed E-state index contributed by atoms with van der Waals surface area (Å²) in [5.41, 5.74) is 1.41. The van der Waals surface area contributed by atoms with Crippen LogP contribution in [0.4, 0.5) is 0 Å². The van der Waals surface area contributed by atoms with Crippen molar-refractivity contribution in [1.82, 2.24) is 15.1 Å². The zero-order valence-electron chi connectivity index (χ0n) is 14.3. The maximum Gasteiger partial charge on any atom is 0.118 e. The van der Waals surface area contributed by atoms with Crippen molar-refractivity contribution in [2.75, 3.05) is 52.9 Å². The number of hydrogen-bond donors (Lipinski definition) is 1. The Bertz CT molecular complexity index is 411. The van der Waals surface area contributed by atoms with Crippen molar-refractivity contribution < 1.29 is 4.74 Å². The molecule has 0 saturated carbocycles. The van der Waals surface area contributed by atoms with Crippen molar-refractivity contribution in [1.29, 1.82) is 0 Å². The van der Waals surface area contributed by atoms with Gasteiger partial charge in [0.15, 0.2) is 0 Å². The molecule has 0 amide bonds. The molecule has 22 heavy (non-hydrogen) atoms. The highest BCUT2D eigenvalue weighted by atomic mass is 16.5. The second-order valence-electron chi connectivity index (χ2n) is 5.89. The number of piperazine rings is 1. The SMILES string of the molecule is CCN(CC)CCC(c1ccc(OC)cc1)N1CCNCC1. The van der Waals surface area contributed by atoms with E-state index in [-0.39, 0.29) is 0 Å². The zero-order chi connectivity index (χ0) is 15.8. The van der Waals surface area contributed by atoms with Crippen LogP contribution < -0.4 is 10.1 Å². The summed E-state index contributed by atoms with van der Waals surface area (Å²) in [6.45, 7) is 12.4. The van der Waals surface area contributed by atoms with Crippen molar-refractivity contribution in [2.24, 2.45) is 0 Å². The van der Waals surface area contributed by atoms with Gasteiger partial charge >= 0.3 is 0 Å². The Morgan fingerprint density at radius 3 is 2.32 bits per heavy atom. The van der Waals surface area contributed by atoms with Gasteiger partial charge in [-0.15, -0.1) is 0 Å². The van der Waals surface area contributed by atoms with Crippen molar-refractivity contribution in [3.05, 3.63) is 29.8 Å². The Morgan fingerprint density at radius 1 is 1.14 bits per heavy atom. The lowest BCUT2D eigenvalue weighted by Gasteiger charge is -2.36. The second-order valence-corrected chi connectivity index (χ2v) is 5.89. The molecule has 1 fully saturated rings. The Hall–Kier alpha value is -1.10. The second kappa shape index (κ2) is 9.13. The van der Waals surface area contributed by atoms with Crippen molar-refractivity contribution in [2.45, 2.75) is 26.3 Å². The minimum absolute atomic E-state index is 0.508. The molecule has 0 aromatic heterocycles. The van der Waals surface area contributed by atoms with Gasteiger partial charge in [0.2, 0.25) is 0 Å². The predicted octanol–water partition coefficient (Wildman–Crippen LogP) is 2.37. The summed E-state index contributed by atoms with van der Waals surface area (Å²) in [4.78, 5) is 5.14. The van der Waals surface area contributed by atoms with E-state index in [0.717, 1.165) is 51.6 Å². The van der Waals surface area contributed by atoms with Crippen LogP contribution in [0.5, 0.6) is 5.75 Å². The van der Waals surface area contributed by atoms with Crippen LogP contribution in [0.3, 0.4) is 0 Å². The van der Waals surface area contributed by atoms with Crippen LogP contribution in [0.2, 0.25) is 0 Å². The third-order valence-corrected chi connectivity index (χ3v) is 4.71. The van der Waals surface area contributed by atoms with E-state index < -0.39 is 0 Å². The molecule has 1 heterocycles. The molecule has 0 radical (unpaired) electrons. The number of methoxy groups -OCH3 is 1. The molecule has 0 bridgehead atoms. The van der Waals surface area contributed by atoms with E-state index in [1.54, 1.807) is 7.11 Å². The molecule has 1 aliphatic rings. The fraction of sp³-hybridized carbons (Fsp3) is 0.667. The first-order valence-electron chi connectivity index (χ1n) is 8.59. The van der Waals surface area contributed by atoms with E-state index in [4.69, 9.17) is 4.74 Å². The summed E-state index contributed by atoms with van der Waals surface area (Å²) in [6, 6.07) is 9.14. The van der Waals surface area contributed by atoms with Crippen molar-refractivity contribution in [3.63, 3.8) is 0 Å². The van der Waals surface area contributed by atoms with E-state index in [2.05, 4.69) is 53.2 Å². The number of ether oxygens (including phenoxy) is 1. The van der Waals surface area contributed by atoms with Gasteiger partial charge in [-0.1, -0.05) is 26.0 Å². The van der Waals surface area contributed by atoms with E-state index >= 15 is 0 Å². The van der Waals surface area contributed by atoms with Crippen LogP contribution in [0.15, 0.2) is 24.3 Å². The van der Waals surface area contributed by atoms with Gasteiger partial charge in [-0.3, -0.25) is 4.90 Å². The highest BCUT2D eigenvalue weighted by Gasteiger charge is 2.22. The molecule has 4 nitrogen and oxygen atoms in total. The molecule has 4 heteroatoms. The smallest absolute Gasteiger partial charge is 0.118 e. The first kappa shape index (κ1) is 17.3. The Morgan fingerprint density at radius 2 is 1.77 bits per heavy atom. The quantitative estimate of drug-likeness (QED) is 0.798. The molecule has 1 aliphatic heterocycles. The monoisotopic (exact) mass is 305 g/mol. The molecule has 1 aromatic rings. The van der Waals surface area contributed by atoms with E-state index in [1.807, 2.05) is 0 Å². The van der Waals surface area contributed by atoms with Crippen LogP contribution in [0.1, 0.15) is 31.9 Å². The summed E-state index contributed by atoms with van der Waals surface area (Å²) >= 11 is 0. The topological polar surface area (TPSA) is 27.7 Å². The fourth-order valence-corrected chi connectivity index (χ4v) is 3.22. The van der Waals surface area contributed by atoms with Gasteiger partial charge in [0, 0.05) is 32.2 Å². The predicted molar refractivity (Wildman–Crippen MR) is 92.6 cm³/mol. The number of benzene rings is 1.